The molecule has 8 heteroatoms. The van der Waals surface area contributed by atoms with Crippen molar-refractivity contribution in [2.45, 2.75) is 50.2 Å². The van der Waals surface area contributed by atoms with Gasteiger partial charge in [0, 0.05) is 37.3 Å². The Kier molecular flexibility index (Phi) is 5.42. The second-order valence-electron chi connectivity index (χ2n) is 6.89. The van der Waals surface area contributed by atoms with E-state index in [-0.39, 0.29) is 11.8 Å². The van der Waals surface area contributed by atoms with E-state index in [4.69, 9.17) is 0 Å². The molecule has 0 spiro atoms. The zero-order valence-corrected chi connectivity index (χ0v) is 16.0. The first-order valence-electron chi connectivity index (χ1n) is 9.46. The lowest BCUT2D eigenvalue weighted by atomic mass is 10.2. The Bertz CT molecular complexity index is 833. The van der Waals surface area contributed by atoms with Crippen molar-refractivity contribution in [3.63, 3.8) is 0 Å². The fourth-order valence-electron chi connectivity index (χ4n) is 3.54. The minimum atomic E-state index is -0.0732. The summed E-state index contributed by atoms with van der Waals surface area (Å²) < 4.78 is 2.15. The van der Waals surface area contributed by atoms with Gasteiger partial charge in [0.25, 0.3) is 0 Å². The number of nitrogens with zero attached hydrogens (tertiary/aromatic N) is 4. The van der Waals surface area contributed by atoms with E-state index < -0.39 is 0 Å². The van der Waals surface area contributed by atoms with Gasteiger partial charge in [-0.1, -0.05) is 18.2 Å². The summed E-state index contributed by atoms with van der Waals surface area (Å²) in [4.78, 5) is 25.9. The molecule has 0 bridgehead atoms. The molecule has 0 unspecified atom stereocenters. The monoisotopic (exact) mass is 385 g/mol. The predicted octanol–water partition coefficient (Wildman–Crippen LogP) is 2.86. The number of rotatable bonds is 5. The number of thioether (sulfide) groups is 1. The van der Waals surface area contributed by atoms with Gasteiger partial charge in [0.15, 0.2) is 5.16 Å². The summed E-state index contributed by atoms with van der Waals surface area (Å²) in [6.07, 6.45) is 5.99. The lowest BCUT2D eigenvalue weighted by Crippen LogP contribution is -2.23. The molecule has 2 aliphatic rings. The highest BCUT2D eigenvalue weighted by Crippen LogP contribution is 2.24. The van der Waals surface area contributed by atoms with Crippen LogP contribution in [0.1, 0.15) is 37.9 Å². The van der Waals surface area contributed by atoms with E-state index in [1.54, 1.807) is 4.90 Å². The zero-order valence-electron chi connectivity index (χ0n) is 15.2. The van der Waals surface area contributed by atoms with Crippen molar-refractivity contribution in [3.05, 3.63) is 30.1 Å². The van der Waals surface area contributed by atoms with Gasteiger partial charge in [-0.2, -0.15) is 0 Å². The average molecular weight is 385 g/mol. The third-order valence-corrected chi connectivity index (χ3v) is 5.91. The van der Waals surface area contributed by atoms with Crippen LogP contribution in [0.15, 0.2) is 29.4 Å². The maximum atomic E-state index is 12.3. The van der Waals surface area contributed by atoms with E-state index in [1.165, 1.54) is 18.2 Å². The third kappa shape index (κ3) is 4.16. The molecule has 142 valence electrons. The van der Waals surface area contributed by atoms with Crippen LogP contribution in [0.3, 0.4) is 0 Å². The van der Waals surface area contributed by atoms with Gasteiger partial charge in [0.2, 0.25) is 11.8 Å². The van der Waals surface area contributed by atoms with Gasteiger partial charge in [-0.3, -0.25) is 9.59 Å². The number of carbonyl (C=O) groups excluding carboxylic acids is 2. The van der Waals surface area contributed by atoms with Crippen LogP contribution in [0.25, 0.3) is 0 Å². The average Bonchev–Trinajstić information content (AvgIpc) is 3.19. The number of amides is 2. The van der Waals surface area contributed by atoms with E-state index in [9.17, 15) is 9.59 Å². The van der Waals surface area contributed by atoms with E-state index in [1.807, 2.05) is 24.3 Å². The number of hydrogen-bond donors (Lipinski definition) is 1. The van der Waals surface area contributed by atoms with Gasteiger partial charge in [0.05, 0.1) is 5.75 Å². The smallest absolute Gasteiger partial charge is 0.234 e. The first-order chi connectivity index (χ1) is 13.2. The molecule has 0 atom stereocenters. The van der Waals surface area contributed by atoms with Crippen LogP contribution in [-0.2, 0) is 22.6 Å². The summed E-state index contributed by atoms with van der Waals surface area (Å²) in [5, 5.41) is 12.2. The molecule has 2 aliphatic heterocycles. The minimum Gasteiger partial charge on any atom is -0.325 e. The lowest BCUT2D eigenvalue weighted by Gasteiger charge is -2.16. The van der Waals surface area contributed by atoms with Crippen molar-refractivity contribution in [3.8, 4) is 0 Å². The van der Waals surface area contributed by atoms with Gasteiger partial charge in [-0.15, -0.1) is 10.2 Å². The summed E-state index contributed by atoms with van der Waals surface area (Å²) >= 11 is 1.43. The fourth-order valence-corrected chi connectivity index (χ4v) is 4.32. The van der Waals surface area contributed by atoms with Crippen LogP contribution in [0.2, 0.25) is 0 Å². The zero-order chi connectivity index (χ0) is 18.6. The predicted molar refractivity (Wildman–Crippen MR) is 105 cm³/mol. The standard InChI is InChI=1S/C19H23N5O2S/c25-17(13-27-19-22-21-16-5-2-1-3-11-24(16)19)20-14-7-9-15(10-8-14)23-12-4-6-18(23)26/h7-10H,1-6,11-13H2,(H,20,25). The number of fused-ring (bicyclic) bond motifs is 1. The molecule has 0 radical (unpaired) electrons. The number of benzene rings is 1. The molecular weight excluding hydrogens is 362 g/mol. The first-order valence-corrected chi connectivity index (χ1v) is 10.4. The Balaban J connectivity index is 1.32. The summed E-state index contributed by atoms with van der Waals surface area (Å²) in [5.74, 6) is 1.42. The van der Waals surface area contributed by atoms with Gasteiger partial charge < -0.3 is 14.8 Å². The number of hydrogen-bond acceptors (Lipinski definition) is 5. The van der Waals surface area contributed by atoms with Crippen LogP contribution in [-0.4, -0.2) is 38.9 Å². The van der Waals surface area contributed by atoms with Crippen LogP contribution in [0.5, 0.6) is 0 Å². The van der Waals surface area contributed by atoms with Crippen LogP contribution >= 0.6 is 11.8 Å². The number of aromatic nitrogens is 3. The molecule has 1 aromatic carbocycles. The number of carbonyl (C=O) groups is 2. The number of anilines is 2. The van der Waals surface area contributed by atoms with Crippen molar-refractivity contribution in [2.75, 3.05) is 22.5 Å². The second kappa shape index (κ2) is 8.12. The summed E-state index contributed by atoms with van der Waals surface area (Å²) in [5.41, 5.74) is 1.62. The molecule has 0 aliphatic carbocycles. The molecule has 2 amide bonds. The molecule has 7 nitrogen and oxygen atoms in total. The Morgan fingerprint density at radius 1 is 1.04 bits per heavy atom. The lowest BCUT2D eigenvalue weighted by molar-refractivity contribution is -0.117. The van der Waals surface area contributed by atoms with Crippen LogP contribution in [0, 0.1) is 0 Å². The van der Waals surface area contributed by atoms with Gasteiger partial charge in [-0.05, 0) is 43.5 Å². The number of nitrogens with one attached hydrogen (secondary N) is 1. The minimum absolute atomic E-state index is 0.0732. The highest BCUT2D eigenvalue weighted by molar-refractivity contribution is 7.99. The largest absolute Gasteiger partial charge is 0.325 e. The normalized spacial score (nSPS) is 16.9. The van der Waals surface area contributed by atoms with E-state index in [0.29, 0.717) is 12.2 Å². The van der Waals surface area contributed by atoms with E-state index in [0.717, 1.165) is 61.1 Å². The Morgan fingerprint density at radius 2 is 1.89 bits per heavy atom. The molecule has 1 fully saturated rings. The SMILES string of the molecule is O=C(CSc1nnc2n1CCCCC2)Nc1ccc(N2CCCC2=O)cc1. The van der Waals surface area contributed by atoms with Crippen molar-refractivity contribution in [2.24, 2.45) is 0 Å². The molecular formula is C19H23N5O2S. The molecule has 1 aromatic heterocycles. The van der Waals surface area contributed by atoms with Gasteiger partial charge >= 0.3 is 0 Å². The topological polar surface area (TPSA) is 80.1 Å². The third-order valence-electron chi connectivity index (χ3n) is 4.94. The second-order valence-corrected chi connectivity index (χ2v) is 7.84. The molecule has 0 saturated carbocycles. The highest BCUT2D eigenvalue weighted by Gasteiger charge is 2.21. The highest BCUT2D eigenvalue weighted by atomic mass is 32.2. The van der Waals surface area contributed by atoms with Crippen molar-refractivity contribution >= 4 is 35.0 Å². The Morgan fingerprint density at radius 3 is 2.67 bits per heavy atom. The maximum Gasteiger partial charge on any atom is 0.234 e. The van der Waals surface area contributed by atoms with Gasteiger partial charge in [-0.25, -0.2) is 0 Å². The molecule has 1 N–H and O–H groups in total. The number of aryl methyl sites for hydroxylation is 1. The Labute approximate surface area is 162 Å². The van der Waals surface area contributed by atoms with E-state index >= 15 is 0 Å². The van der Waals surface area contributed by atoms with Crippen molar-refractivity contribution in [1.82, 2.24) is 14.8 Å². The molecule has 3 heterocycles. The molecule has 1 saturated heterocycles. The molecule has 4 rings (SSSR count). The maximum absolute atomic E-state index is 12.3. The molecule has 27 heavy (non-hydrogen) atoms. The Hall–Kier alpha value is -2.35. The fraction of sp³-hybridized carbons (Fsp3) is 0.474. The summed E-state index contributed by atoms with van der Waals surface area (Å²) in [7, 11) is 0. The van der Waals surface area contributed by atoms with Crippen LogP contribution < -0.4 is 10.2 Å². The van der Waals surface area contributed by atoms with Crippen molar-refractivity contribution < 1.29 is 9.59 Å². The van der Waals surface area contributed by atoms with E-state index in [2.05, 4.69) is 20.1 Å². The first kappa shape index (κ1) is 18.0. The van der Waals surface area contributed by atoms with Crippen LogP contribution in [0.4, 0.5) is 11.4 Å². The quantitative estimate of drug-likeness (QED) is 0.801. The summed E-state index contributed by atoms with van der Waals surface area (Å²) in [6.45, 7) is 1.70. The van der Waals surface area contributed by atoms with Gasteiger partial charge in [0.1, 0.15) is 5.82 Å². The molecule has 2 aromatic rings. The summed E-state index contributed by atoms with van der Waals surface area (Å²) in [6, 6.07) is 7.44. The van der Waals surface area contributed by atoms with Crippen molar-refractivity contribution in [1.29, 1.82) is 0 Å².